The van der Waals surface area contributed by atoms with Crippen LogP contribution in [-0.4, -0.2) is 18.8 Å². The summed E-state index contributed by atoms with van der Waals surface area (Å²) in [5.74, 6) is 0.612. The fourth-order valence-corrected chi connectivity index (χ4v) is 2.90. The molecular formula is C18H29NO. The average molecular weight is 275 g/mol. The molecule has 2 nitrogen and oxygen atoms in total. The molecule has 0 aliphatic heterocycles. The van der Waals surface area contributed by atoms with Crippen LogP contribution in [-0.2, 0) is 4.74 Å². The Morgan fingerprint density at radius 2 is 1.85 bits per heavy atom. The van der Waals surface area contributed by atoms with Crippen molar-refractivity contribution in [3.05, 3.63) is 35.9 Å². The molecule has 2 rings (SSSR count). The van der Waals surface area contributed by atoms with Gasteiger partial charge in [0.05, 0.1) is 6.10 Å². The van der Waals surface area contributed by atoms with E-state index in [1.54, 1.807) is 0 Å². The molecule has 1 fully saturated rings. The van der Waals surface area contributed by atoms with Crippen molar-refractivity contribution in [1.29, 1.82) is 0 Å². The number of hydrogen-bond acceptors (Lipinski definition) is 2. The summed E-state index contributed by atoms with van der Waals surface area (Å²) < 4.78 is 6.03. The van der Waals surface area contributed by atoms with Crippen molar-refractivity contribution in [1.82, 2.24) is 5.32 Å². The molecule has 1 aliphatic rings. The lowest BCUT2D eigenvalue weighted by atomic mass is 9.64. The third-order valence-corrected chi connectivity index (χ3v) is 4.56. The Morgan fingerprint density at radius 1 is 1.20 bits per heavy atom. The first-order chi connectivity index (χ1) is 9.41. The molecule has 3 atom stereocenters. The summed E-state index contributed by atoms with van der Waals surface area (Å²) in [4.78, 5) is 0. The van der Waals surface area contributed by atoms with Gasteiger partial charge in [-0.25, -0.2) is 0 Å². The summed E-state index contributed by atoms with van der Waals surface area (Å²) in [7, 11) is 0. The molecule has 0 heterocycles. The Labute approximate surface area is 123 Å². The van der Waals surface area contributed by atoms with Crippen LogP contribution in [0.4, 0.5) is 0 Å². The molecule has 0 spiro atoms. The lowest BCUT2D eigenvalue weighted by molar-refractivity contribution is -0.125. The van der Waals surface area contributed by atoms with Crippen molar-refractivity contribution in [3.63, 3.8) is 0 Å². The van der Waals surface area contributed by atoms with E-state index in [-0.39, 0.29) is 5.41 Å². The SMILES string of the molecule is CC(C)COC1CC(N[C@@H](C)c2ccccc2)C1(C)C. The molecule has 0 aromatic heterocycles. The third kappa shape index (κ3) is 3.42. The second-order valence-corrected chi connectivity index (χ2v) is 7.12. The van der Waals surface area contributed by atoms with Crippen LogP contribution in [0, 0.1) is 11.3 Å². The second-order valence-electron chi connectivity index (χ2n) is 7.12. The van der Waals surface area contributed by atoms with Gasteiger partial charge in [0.15, 0.2) is 0 Å². The largest absolute Gasteiger partial charge is 0.377 e. The van der Waals surface area contributed by atoms with E-state index in [4.69, 9.17) is 4.74 Å². The Morgan fingerprint density at radius 3 is 2.40 bits per heavy atom. The monoisotopic (exact) mass is 275 g/mol. The molecule has 0 bridgehead atoms. The van der Waals surface area contributed by atoms with Crippen molar-refractivity contribution in [3.8, 4) is 0 Å². The van der Waals surface area contributed by atoms with Crippen LogP contribution in [0.5, 0.6) is 0 Å². The lowest BCUT2D eigenvalue weighted by Crippen LogP contribution is -2.61. The minimum absolute atomic E-state index is 0.220. The van der Waals surface area contributed by atoms with Crippen molar-refractivity contribution in [2.24, 2.45) is 11.3 Å². The van der Waals surface area contributed by atoms with Gasteiger partial charge in [-0.1, -0.05) is 58.0 Å². The molecule has 0 radical (unpaired) electrons. The van der Waals surface area contributed by atoms with Crippen LogP contribution < -0.4 is 5.32 Å². The zero-order chi connectivity index (χ0) is 14.8. The van der Waals surface area contributed by atoms with Gasteiger partial charge in [0, 0.05) is 24.1 Å². The van der Waals surface area contributed by atoms with E-state index in [0.29, 0.717) is 24.1 Å². The first-order valence-corrected chi connectivity index (χ1v) is 7.84. The van der Waals surface area contributed by atoms with Gasteiger partial charge >= 0.3 is 0 Å². The maximum atomic E-state index is 6.03. The van der Waals surface area contributed by atoms with Crippen molar-refractivity contribution >= 4 is 0 Å². The van der Waals surface area contributed by atoms with Crippen LogP contribution in [0.1, 0.15) is 52.6 Å². The minimum atomic E-state index is 0.220. The first kappa shape index (κ1) is 15.5. The van der Waals surface area contributed by atoms with E-state index in [1.807, 2.05) is 0 Å². The molecule has 20 heavy (non-hydrogen) atoms. The summed E-state index contributed by atoms with van der Waals surface area (Å²) in [6, 6.07) is 11.6. The van der Waals surface area contributed by atoms with E-state index in [0.717, 1.165) is 13.0 Å². The summed E-state index contributed by atoms with van der Waals surface area (Å²) in [5.41, 5.74) is 1.58. The Bertz CT molecular complexity index is 413. The van der Waals surface area contributed by atoms with Crippen LogP contribution in [0.3, 0.4) is 0 Å². The minimum Gasteiger partial charge on any atom is -0.377 e. The highest BCUT2D eigenvalue weighted by Gasteiger charge is 2.49. The fraction of sp³-hybridized carbons (Fsp3) is 0.667. The summed E-state index contributed by atoms with van der Waals surface area (Å²) >= 11 is 0. The highest BCUT2D eigenvalue weighted by molar-refractivity contribution is 5.19. The number of rotatable bonds is 6. The molecule has 2 unspecified atom stereocenters. The van der Waals surface area contributed by atoms with Gasteiger partial charge in [0.2, 0.25) is 0 Å². The quantitative estimate of drug-likeness (QED) is 0.841. The molecule has 0 saturated heterocycles. The van der Waals surface area contributed by atoms with Crippen LogP contribution in [0.15, 0.2) is 30.3 Å². The normalized spacial score (nSPS) is 26.3. The van der Waals surface area contributed by atoms with Gasteiger partial charge in [-0.2, -0.15) is 0 Å². The van der Waals surface area contributed by atoms with Gasteiger partial charge in [0.25, 0.3) is 0 Å². The summed E-state index contributed by atoms with van der Waals surface area (Å²) in [6.45, 7) is 12.2. The molecular weight excluding hydrogens is 246 g/mol. The topological polar surface area (TPSA) is 21.3 Å². The lowest BCUT2D eigenvalue weighted by Gasteiger charge is -2.53. The molecule has 112 valence electrons. The number of hydrogen-bond donors (Lipinski definition) is 1. The fourth-order valence-electron chi connectivity index (χ4n) is 2.90. The van der Waals surface area contributed by atoms with E-state index < -0.39 is 0 Å². The molecule has 1 aliphatic carbocycles. The van der Waals surface area contributed by atoms with Crippen molar-refractivity contribution in [2.75, 3.05) is 6.61 Å². The smallest absolute Gasteiger partial charge is 0.0656 e. The second kappa shape index (κ2) is 6.28. The van der Waals surface area contributed by atoms with Crippen LogP contribution in [0.25, 0.3) is 0 Å². The van der Waals surface area contributed by atoms with Crippen molar-refractivity contribution < 1.29 is 4.74 Å². The zero-order valence-electron chi connectivity index (χ0n) is 13.5. The van der Waals surface area contributed by atoms with Gasteiger partial charge < -0.3 is 10.1 Å². The standard InChI is InChI=1S/C18H29NO/c1-13(2)12-20-17-11-16(18(17,4)5)19-14(3)15-9-7-6-8-10-15/h6-10,13-14,16-17,19H,11-12H2,1-5H3/t14-,16?,17?/m0/s1. The van der Waals surface area contributed by atoms with Crippen molar-refractivity contribution in [2.45, 2.75) is 59.2 Å². The first-order valence-electron chi connectivity index (χ1n) is 7.84. The van der Waals surface area contributed by atoms with Crippen LogP contribution in [0.2, 0.25) is 0 Å². The number of ether oxygens (including phenoxy) is 1. The summed E-state index contributed by atoms with van der Waals surface area (Å²) in [6.07, 6.45) is 1.52. The molecule has 1 N–H and O–H groups in total. The number of benzene rings is 1. The maximum Gasteiger partial charge on any atom is 0.0656 e. The van der Waals surface area contributed by atoms with E-state index in [2.05, 4.69) is 70.3 Å². The maximum absolute atomic E-state index is 6.03. The zero-order valence-corrected chi connectivity index (χ0v) is 13.5. The van der Waals surface area contributed by atoms with Gasteiger partial charge in [-0.15, -0.1) is 0 Å². The predicted molar refractivity (Wildman–Crippen MR) is 84.8 cm³/mol. The highest BCUT2D eigenvalue weighted by atomic mass is 16.5. The Balaban J connectivity index is 1.86. The van der Waals surface area contributed by atoms with Gasteiger partial charge in [-0.3, -0.25) is 0 Å². The molecule has 1 aromatic carbocycles. The van der Waals surface area contributed by atoms with E-state index in [1.165, 1.54) is 5.56 Å². The average Bonchev–Trinajstić information content (AvgIpc) is 2.42. The van der Waals surface area contributed by atoms with Gasteiger partial charge in [-0.05, 0) is 24.8 Å². The Kier molecular flexibility index (Phi) is 4.87. The Hall–Kier alpha value is -0.860. The summed E-state index contributed by atoms with van der Waals surface area (Å²) in [5, 5.41) is 3.76. The highest BCUT2D eigenvalue weighted by Crippen LogP contribution is 2.43. The van der Waals surface area contributed by atoms with E-state index in [9.17, 15) is 0 Å². The predicted octanol–water partition coefficient (Wildman–Crippen LogP) is 4.18. The molecule has 1 saturated carbocycles. The third-order valence-electron chi connectivity index (χ3n) is 4.56. The molecule has 1 aromatic rings. The van der Waals surface area contributed by atoms with Gasteiger partial charge in [0.1, 0.15) is 0 Å². The van der Waals surface area contributed by atoms with E-state index >= 15 is 0 Å². The molecule has 0 amide bonds. The van der Waals surface area contributed by atoms with Crippen LogP contribution >= 0.6 is 0 Å². The molecule has 2 heteroatoms. The number of nitrogens with one attached hydrogen (secondary N) is 1.